The molecule has 0 aliphatic rings. The zero-order chi connectivity index (χ0) is 13.2. The van der Waals surface area contributed by atoms with Crippen LogP contribution in [0.15, 0.2) is 18.2 Å². The van der Waals surface area contributed by atoms with Gasteiger partial charge in [-0.2, -0.15) is 0 Å². The van der Waals surface area contributed by atoms with Crippen molar-refractivity contribution < 1.29 is 0 Å². The molecule has 1 atom stereocenters. The Labute approximate surface area is 107 Å². The molecule has 0 bridgehead atoms. The third-order valence-corrected chi connectivity index (χ3v) is 3.31. The van der Waals surface area contributed by atoms with E-state index in [0.717, 1.165) is 0 Å². The van der Waals surface area contributed by atoms with Gasteiger partial charge in [0.2, 0.25) is 0 Å². The van der Waals surface area contributed by atoms with Crippen molar-refractivity contribution in [3.63, 3.8) is 0 Å². The normalized spacial score (nSPS) is 14.1. The first kappa shape index (κ1) is 14.3. The third-order valence-electron chi connectivity index (χ3n) is 3.31. The number of rotatable bonds is 3. The standard InChI is InChI=1S/C17H28/c1-12(2)16(11-17(5,6)7)15-9-13(3)8-14(4)10-15/h8-10,12,16H,11H2,1-7H3. The highest BCUT2D eigenvalue weighted by Crippen LogP contribution is 2.36. The Bertz CT molecular complexity index is 346. The summed E-state index contributed by atoms with van der Waals surface area (Å²) in [6, 6.07) is 6.99. The van der Waals surface area contributed by atoms with E-state index < -0.39 is 0 Å². The van der Waals surface area contributed by atoms with Crippen LogP contribution in [0.2, 0.25) is 0 Å². The van der Waals surface area contributed by atoms with E-state index in [-0.39, 0.29) is 0 Å². The maximum atomic E-state index is 2.36. The maximum absolute atomic E-state index is 2.36. The number of benzene rings is 1. The van der Waals surface area contributed by atoms with E-state index in [1.54, 1.807) is 0 Å². The fourth-order valence-corrected chi connectivity index (χ4v) is 2.62. The molecular formula is C17H28. The van der Waals surface area contributed by atoms with E-state index >= 15 is 0 Å². The van der Waals surface area contributed by atoms with E-state index in [9.17, 15) is 0 Å². The molecule has 1 unspecified atom stereocenters. The van der Waals surface area contributed by atoms with Crippen LogP contribution in [-0.2, 0) is 0 Å². The molecule has 0 aliphatic heterocycles. The van der Waals surface area contributed by atoms with Crippen LogP contribution in [0.4, 0.5) is 0 Å². The topological polar surface area (TPSA) is 0 Å². The van der Waals surface area contributed by atoms with Crippen LogP contribution in [0.5, 0.6) is 0 Å². The van der Waals surface area contributed by atoms with Gasteiger partial charge in [0.25, 0.3) is 0 Å². The average molecular weight is 232 g/mol. The molecule has 0 N–H and O–H groups in total. The van der Waals surface area contributed by atoms with Gasteiger partial charge in [0, 0.05) is 0 Å². The van der Waals surface area contributed by atoms with Crippen molar-refractivity contribution in [1.82, 2.24) is 0 Å². The van der Waals surface area contributed by atoms with Crippen molar-refractivity contribution >= 4 is 0 Å². The largest absolute Gasteiger partial charge is 0.0622 e. The third kappa shape index (κ3) is 4.53. The molecule has 0 heterocycles. The molecule has 17 heavy (non-hydrogen) atoms. The molecule has 1 aromatic carbocycles. The fourth-order valence-electron chi connectivity index (χ4n) is 2.62. The summed E-state index contributed by atoms with van der Waals surface area (Å²) in [7, 11) is 0. The lowest BCUT2D eigenvalue weighted by atomic mass is 9.76. The first-order valence-corrected chi connectivity index (χ1v) is 6.77. The van der Waals surface area contributed by atoms with Crippen LogP contribution in [-0.4, -0.2) is 0 Å². The lowest BCUT2D eigenvalue weighted by Crippen LogP contribution is -2.16. The molecule has 0 spiro atoms. The minimum absolute atomic E-state index is 0.395. The minimum Gasteiger partial charge on any atom is -0.0622 e. The predicted octanol–water partition coefficient (Wildman–Crippen LogP) is 5.48. The molecule has 0 aromatic heterocycles. The Hall–Kier alpha value is -0.780. The van der Waals surface area contributed by atoms with Gasteiger partial charge < -0.3 is 0 Å². The van der Waals surface area contributed by atoms with Crippen molar-refractivity contribution in [2.45, 2.75) is 60.8 Å². The second-order valence-corrected chi connectivity index (χ2v) is 7.04. The molecule has 0 heteroatoms. The predicted molar refractivity (Wildman–Crippen MR) is 77.6 cm³/mol. The van der Waals surface area contributed by atoms with Gasteiger partial charge in [0.15, 0.2) is 0 Å². The monoisotopic (exact) mass is 232 g/mol. The van der Waals surface area contributed by atoms with Gasteiger partial charge in [-0.05, 0) is 43.1 Å². The maximum Gasteiger partial charge on any atom is -0.0134 e. The van der Waals surface area contributed by atoms with Gasteiger partial charge in [-0.1, -0.05) is 63.9 Å². The summed E-state index contributed by atoms with van der Waals surface area (Å²) in [6.07, 6.45) is 1.26. The highest BCUT2D eigenvalue weighted by atomic mass is 14.3. The second-order valence-electron chi connectivity index (χ2n) is 7.04. The van der Waals surface area contributed by atoms with E-state index in [1.165, 1.54) is 23.1 Å². The number of hydrogen-bond acceptors (Lipinski definition) is 0. The van der Waals surface area contributed by atoms with Crippen molar-refractivity contribution in [1.29, 1.82) is 0 Å². The number of hydrogen-bond donors (Lipinski definition) is 0. The van der Waals surface area contributed by atoms with E-state index in [4.69, 9.17) is 0 Å². The molecule has 96 valence electrons. The van der Waals surface area contributed by atoms with Crippen LogP contribution in [0.1, 0.15) is 63.6 Å². The highest BCUT2D eigenvalue weighted by Gasteiger charge is 2.23. The van der Waals surface area contributed by atoms with E-state index in [2.05, 4.69) is 66.7 Å². The van der Waals surface area contributed by atoms with Crippen LogP contribution in [0.3, 0.4) is 0 Å². The smallest absolute Gasteiger partial charge is 0.0134 e. The van der Waals surface area contributed by atoms with Gasteiger partial charge in [-0.3, -0.25) is 0 Å². The van der Waals surface area contributed by atoms with Gasteiger partial charge >= 0.3 is 0 Å². The van der Waals surface area contributed by atoms with Gasteiger partial charge in [0.1, 0.15) is 0 Å². The molecule has 0 radical (unpaired) electrons. The summed E-state index contributed by atoms with van der Waals surface area (Å²) in [5.41, 5.74) is 4.69. The Kier molecular flexibility index (Phi) is 4.41. The van der Waals surface area contributed by atoms with Crippen LogP contribution >= 0.6 is 0 Å². The Balaban J connectivity index is 3.05. The molecule has 0 nitrogen and oxygen atoms in total. The van der Waals surface area contributed by atoms with Gasteiger partial charge in [-0.15, -0.1) is 0 Å². The zero-order valence-corrected chi connectivity index (χ0v) is 12.6. The summed E-state index contributed by atoms with van der Waals surface area (Å²) < 4.78 is 0. The lowest BCUT2D eigenvalue weighted by Gasteiger charge is -2.29. The first-order chi connectivity index (χ1) is 7.69. The highest BCUT2D eigenvalue weighted by molar-refractivity contribution is 5.31. The molecular weight excluding hydrogens is 204 g/mol. The fraction of sp³-hybridized carbons (Fsp3) is 0.647. The molecule has 0 saturated heterocycles. The van der Waals surface area contributed by atoms with Crippen molar-refractivity contribution in [2.75, 3.05) is 0 Å². The molecule has 0 saturated carbocycles. The molecule has 1 aromatic rings. The Morgan fingerprint density at radius 2 is 1.41 bits per heavy atom. The SMILES string of the molecule is Cc1cc(C)cc(C(CC(C)(C)C)C(C)C)c1. The lowest BCUT2D eigenvalue weighted by molar-refractivity contribution is 0.301. The summed E-state index contributed by atoms with van der Waals surface area (Å²) in [5.74, 6) is 1.38. The molecule has 0 amide bonds. The average Bonchev–Trinajstić information content (AvgIpc) is 2.10. The molecule has 1 rings (SSSR count). The summed E-state index contributed by atoms with van der Waals surface area (Å²) in [6.45, 7) is 16.1. The van der Waals surface area contributed by atoms with E-state index in [0.29, 0.717) is 17.3 Å². The van der Waals surface area contributed by atoms with Gasteiger partial charge in [0.05, 0.1) is 0 Å². The molecule has 0 aliphatic carbocycles. The van der Waals surface area contributed by atoms with Crippen LogP contribution in [0.25, 0.3) is 0 Å². The van der Waals surface area contributed by atoms with Crippen molar-refractivity contribution in [2.24, 2.45) is 11.3 Å². The Morgan fingerprint density at radius 1 is 0.941 bits per heavy atom. The quantitative estimate of drug-likeness (QED) is 0.647. The summed E-state index contributed by atoms with van der Waals surface area (Å²) in [5, 5.41) is 0. The zero-order valence-electron chi connectivity index (χ0n) is 12.6. The summed E-state index contributed by atoms with van der Waals surface area (Å²) >= 11 is 0. The minimum atomic E-state index is 0.395. The Morgan fingerprint density at radius 3 is 1.76 bits per heavy atom. The van der Waals surface area contributed by atoms with Crippen molar-refractivity contribution in [3.05, 3.63) is 34.9 Å². The molecule has 0 fully saturated rings. The summed E-state index contributed by atoms with van der Waals surface area (Å²) in [4.78, 5) is 0. The first-order valence-electron chi connectivity index (χ1n) is 6.77. The second kappa shape index (κ2) is 5.25. The van der Waals surface area contributed by atoms with Gasteiger partial charge in [-0.25, -0.2) is 0 Å². The van der Waals surface area contributed by atoms with E-state index in [1.807, 2.05) is 0 Å². The number of aryl methyl sites for hydroxylation is 2. The van der Waals surface area contributed by atoms with Crippen LogP contribution in [0, 0.1) is 25.2 Å². The van der Waals surface area contributed by atoms with Crippen molar-refractivity contribution in [3.8, 4) is 0 Å². The van der Waals surface area contributed by atoms with Crippen LogP contribution < -0.4 is 0 Å².